The first kappa shape index (κ1) is 15.8. The molecule has 23 heavy (non-hydrogen) atoms. The Morgan fingerprint density at radius 2 is 2.17 bits per heavy atom. The second-order valence-electron chi connectivity index (χ2n) is 5.98. The van der Waals surface area contributed by atoms with E-state index in [1.807, 2.05) is 35.6 Å². The highest BCUT2D eigenvalue weighted by Gasteiger charge is 2.30. The maximum atomic E-state index is 12.5. The molecule has 2 aromatic heterocycles. The fourth-order valence-corrected chi connectivity index (χ4v) is 3.23. The van der Waals surface area contributed by atoms with Gasteiger partial charge in [-0.1, -0.05) is 6.92 Å². The van der Waals surface area contributed by atoms with Gasteiger partial charge in [0.1, 0.15) is 5.82 Å². The van der Waals surface area contributed by atoms with Gasteiger partial charge >= 0.3 is 0 Å². The predicted octanol–water partition coefficient (Wildman–Crippen LogP) is 1.90. The summed E-state index contributed by atoms with van der Waals surface area (Å²) in [5.41, 5.74) is 0. The molecule has 0 spiro atoms. The number of H-pyrrole nitrogens is 1. The predicted molar refractivity (Wildman–Crippen MR) is 88.8 cm³/mol. The molecule has 0 bridgehead atoms. The molecule has 6 heteroatoms. The summed E-state index contributed by atoms with van der Waals surface area (Å²) in [6.45, 7) is 6.48. The van der Waals surface area contributed by atoms with Crippen molar-refractivity contribution in [1.82, 2.24) is 24.3 Å². The Kier molecular flexibility index (Phi) is 5.12. The molecule has 1 saturated heterocycles. The van der Waals surface area contributed by atoms with E-state index in [1.54, 1.807) is 6.20 Å². The Hall–Kier alpha value is -2.08. The van der Waals surface area contributed by atoms with E-state index >= 15 is 0 Å². The third-order valence-electron chi connectivity index (χ3n) is 4.56. The van der Waals surface area contributed by atoms with Gasteiger partial charge in [-0.15, -0.1) is 0 Å². The Morgan fingerprint density at radius 1 is 1.35 bits per heavy atom. The number of aryl methyl sites for hydroxylation is 1. The third kappa shape index (κ3) is 3.82. The molecule has 1 N–H and O–H groups in total. The van der Waals surface area contributed by atoms with Gasteiger partial charge in [-0.3, -0.25) is 9.69 Å². The van der Waals surface area contributed by atoms with Crippen molar-refractivity contribution in [3.05, 3.63) is 42.7 Å². The fourth-order valence-electron chi connectivity index (χ4n) is 3.23. The number of carbonyl (C=O) groups is 1. The molecule has 0 aliphatic carbocycles. The Balaban J connectivity index is 1.54. The van der Waals surface area contributed by atoms with Gasteiger partial charge in [0.25, 0.3) is 0 Å². The van der Waals surface area contributed by atoms with Crippen LogP contribution >= 0.6 is 0 Å². The summed E-state index contributed by atoms with van der Waals surface area (Å²) in [5.74, 6) is 1.21. The van der Waals surface area contributed by atoms with E-state index in [4.69, 9.17) is 0 Å². The number of rotatable bonds is 6. The first-order valence-corrected chi connectivity index (χ1v) is 8.39. The van der Waals surface area contributed by atoms with Gasteiger partial charge in [0.2, 0.25) is 5.91 Å². The molecule has 6 nitrogen and oxygen atoms in total. The van der Waals surface area contributed by atoms with Crippen LogP contribution in [0.15, 0.2) is 36.9 Å². The maximum absolute atomic E-state index is 12.5. The SMILES string of the molecule is CCN1CCN(C(=O)CCCn2cccc2)CC1c1ncc[nH]1. The number of aromatic amines is 1. The van der Waals surface area contributed by atoms with Crippen LogP contribution in [-0.4, -0.2) is 56.4 Å². The van der Waals surface area contributed by atoms with Crippen molar-refractivity contribution in [1.29, 1.82) is 0 Å². The van der Waals surface area contributed by atoms with Crippen molar-refractivity contribution in [2.45, 2.75) is 32.4 Å². The molecule has 1 aliphatic heterocycles. The lowest BCUT2D eigenvalue weighted by atomic mass is 10.1. The fraction of sp³-hybridized carbons (Fsp3) is 0.529. The minimum atomic E-state index is 0.178. The van der Waals surface area contributed by atoms with E-state index in [-0.39, 0.29) is 11.9 Å². The number of aromatic nitrogens is 3. The van der Waals surface area contributed by atoms with Crippen LogP contribution in [0.3, 0.4) is 0 Å². The van der Waals surface area contributed by atoms with Crippen molar-refractivity contribution in [3.8, 4) is 0 Å². The van der Waals surface area contributed by atoms with Crippen molar-refractivity contribution < 1.29 is 4.79 Å². The molecule has 1 amide bonds. The molecule has 0 saturated carbocycles. The molecular formula is C17H25N5O. The van der Waals surface area contributed by atoms with Crippen molar-refractivity contribution in [3.63, 3.8) is 0 Å². The van der Waals surface area contributed by atoms with Gasteiger partial charge in [0, 0.05) is 57.4 Å². The Morgan fingerprint density at radius 3 is 2.87 bits per heavy atom. The lowest BCUT2D eigenvalue weighted by molar-refractivity contribution is -0.134. The summed E-state index contributed by atoms with van der Waals surface area (Å²) in [5, 5.41) is 0. The molecule has 0 aromatic carbocycles. The van der Waals surface area contributed by atoms with Crippen LogP contribution in [0.25, 0.3) is 0 Å². The molecular weight excluding hydrogens is 290 g/mol. The summed E-state index contributed by atoms with van der Waals surface area (Å²) in [7, 11) is 0. The second kappa shape index (κ2) is 7.46. The Labute approximate surface area is 137 Å². The van der Waals surface area contributed by atoms with Crippen LogP contribution in [-0.2, 0) is 11.3 Å². The molecule has 0 radical (unpaired) electrons. The van der Waals surface area contributed by atoms with E-state index in [2.05, 4.69) is 26.4 Å². The summed E-state index contributed by atoms with van der Waals surface area (Å²) in [4.78, 5) is 24.5. The summed E-state index contributed by atoms with van der Waals surface area (Å²) < 4.78 is 2.12. The van der Waals surface area contributed by atoms with Crippen LogP contribution in [0.2, 0.25) is 0 Å². The van der Waals surface area contributed by atoms with E-state index in [0.29, 0.717) is 6.42 Å². The molecule has 124 valence electrons. The van der Waals surface area contributed by atoms with Crippen LogP contribution in [0, 0.1) is 0 Å². The number of hydrogen-bond acceptors (Lipinski definition) is 3. The molecule has 1 aliphatic rings. The number of imidazole rings is 1. The van der Waals surface area contributed by atoms with Crippen LogP contribution in [0.5, 0.6) is 0 Å². The molecule has 2 aromatic rings. The lowest BCUT2D eigenvalue weighted by Gasteiger charge is -2.40. The van der Waals surface area contributed by atoms with Crippen molar-refractivity contribution in [2.24, 2.45) is 0 Å². The number of likely N-dealkylation sites (N-methyl/N-ethyl adjacent to an activating group) is 1. The number of carbonyl (C=O) groups excluding carboxylic acids is 1. The number of hydrogen-bond donors (Lipinski definition) is 1. The molecule has 3 rings (SSSR count). The average Bonchev–Trinajstić information content (AvgIpc) is 3.27. The van der Waals surface area contributed by atoms with E-state index in [9.17, 15) is 4.79 Å². The largest absolute Gasteiger partial charge is 0.354 e. The molecule has 1 unspecified atom stereocenters. The zero-order valence-electron chi connectivity index (χ0n) is 13.7. The van der Waals surface area contributed by atoms with Gasteiger partial charge < -0.3 is 14.5 Å². The van der Waals surface area contributed by atoms with Crippen LogP contribution in [0.1, 0.15) is 31.6 Å². The van der Waals surface area contributed by atoms with Gasteiger partial charge in [0.05, 0.1) is 6.04 Å². The summed E-state index contributed by atoms with van der Waals surface area (Å²) in [6, 6.07) is 4.21. The topological polar surface area (TPSA) is 57.2 Å². The number of piperazine rings is 1. The lowest BCUT2D eigenvalue weighted by Crippen LogP contribution is -2.50. The van der Waals surface area contributed by atoms with Gasteiger partial charge in [-0.05, 0) is 25.1 Å². The maximum Gasteiger partial charge on any atom is 0.222 e. The quantitative estimate of drug-likeness (QED) is 0.886. The summed E-state index contributed by atoms with van der Waals surface area (Å²) >= 11 is 0. The Bertz CT molecular complexity index is 593. The zero-order valence-corrected chi connectivity index (χ0v) is 13.7. The molecule has 1 atom stereocenters. The number of nitrogens with zero attached hydrogens (tertiary/aromatic N) is 4. The highest BCUT2D eigenvalue weighted by Crippen LogP contribution is 2.23. The summed E-state index contributed by atoms with van der Waals surface area (Å²) in [6.07, 6.45) is 9.19. The molecule has 1 fully saturated rings. The van der Waals surface area contributed by atoms with Gasteiger partial charge in [-0.25, -0.2) is 4.98 Å². The number of amides is 1. The normalized spacial score (nSPS) is 19.2. The average molecular weight is 315 g/mol. The minimum absolute atomic E-state index is 0.178. The minimum Gasteiger partial charge on any atom is -0.354 e. The monoisotopic (exact) mass is 315 g/mol. The van der Waals surface area contributed by atoms with E-state index in [1.165, 1.54) is 0 Å². The van der Waals surface area contributed by atoms with E-state index in [0.717, 1.165) is 45.0 Å². The highest BCUT2D eigenvalue weighted by molar-refractivity contribution is 5.76. The first-order chi connectivity index (χ1) is 11.3. The zero-order chi connectivity index (χ0) is 16.1. The van der Waals surface area contributed by atoms with Crippen LogP contribution < -0.4 is 0 Å². The first-order valence-electron chi connectivity index (χ1n) is 8.39. The molecule has 3 heterocycles. The smallest absolute Gasteiger partial charge is 0.222 e. The van der Waals surface area contributed by atoms with Crippen molar-refractivity contribution in [2.75, 3.05) is 26.2 Å². The van der Waals surface area contributed by atoms with Crippen LogP contribution in [0.4, 0.5) is 0 Å². The van der Waals surface area contributed by atoms with Gasteiger partial charge in [-0.2, -0.15) is 0 Å². The highest BCUT2D eigenvalue weighted by atomic mass is 16.2. The number of nitrogens with one attached hydrogen (secondary N) is 1. The third-order valence-corrected chi connectivity index (χ3v) is 4.56. The second-order valence-corrected chi connectivity index (χ2v) is 5.98. The standard InChI is InChI=1S/C17H25N5O/c1-2-21-12-13-22(14-15(21)17-18-7-8-19-17)16(23)6-5-11-20-9-3-4-10-20/h3-4,7-10,15H,2,5-6,11-14H2,1H3,(H,18,19). The van der Waals surface area contributed by atoms with Gasteiger partial charge in [0.15, 0.2) is 0 Å². The van der Waals surface area contributed by atoms with Crippen molar-refractivity contribution >= 4 is 5.91 Å². The van der Waals surface area contributed by atoms with E-state index < -0.39 is 0 Å².